The molecule has 11 heavy (non-hydrogen) atoms. The van der Waals surface area contributed by atoms with Crippen LogP contribution in [-0.2, 0) is 9.47 Å². The Balaban J connectivity index is 2.85. The molecule has 0 aromatic heterocycles. The van der Waals surface area contributed by atoms with Crippen molar-refractivity contribution >= 4 is 11.6 Å². The molecule has 0 bridgehead atoms. The van der Waals surface area contributed by atoms with Gasteiger partial charge in [0.25, 0.3) is 0 Å². The van der Waals surface area contributed by atoms with Crippen LogP contribution in [0.25, 0.3) is 0 Å². The molecule has 3 heteroatoms. The molecule has 0 radical (unpaired) electrons. The van der Waals surface area contributed by atoms with Crippen molar-refractivity contribution in [1.82, 2.24) is 0 Å². The van der Waals surface area contributed by atoms with Crippen LogP contribution in [-0.4, -0.2) is 32.3 Å². The molecule has 0 fully saturated rings. The summed E-state index contributed by atoms with van der Waals surface area (Å²) in [6.07, 6.45) is 3.77. The first-order valence-electron chi connectivity index (χ1n) is 3.78. The van der Waals surface area contributed by atoms with E-state index in [9.17, 15) is 0 Å². The molecule has 0 N–H and O–H groups in total. The van der Waals surface area contributed by atoms with Crippen molar-refractivity contribution < 1.29 is 9.47 Å². The monoisotopic (exact) mass is 178 g/mol. The molecule has 0 aliphatic rings. The van der Waals surface area contributed by atoms with Crippen LogP contribution in [0.4, 0.5) is 0 Å². The van der Waals surface area contributed by atoms with Crippen LogP contribution in [0.2, 0.25) is 0 Å². The van der Waals surface area contributed by atoms with Gasteiger partial charge in [0.2, 0.25) is 0 Å². The summed E-state index contributed by atoms with van der Waals surface area (Å²) in [6.45, 7) is 4.67. The average Bonchev–Trinajstić information content (AvgIpc) is 2.03. The number of ether oxygens (including phenoxy) is 2. The molecule has 2 nitrogen and oxygen atoms in total. The molecule has 0 spiro atoms. The lowest BCUT2D eigenvalue weighted by Crippen LogP contribution is -2.03. The molecular weight excluding hydrogens is 164 g/mol. The zero-order valence-electron chi connectivity index (χ0n) is 6.88. The highest BCUT2D eigenvalue weighted by molar-refractivity contribution is 6.18. The molecule has 0 aliphatic heterocycles. The third-order valence-electron chi connectivity index (χ3n) is 1.05. The molecule has 0 rings (SSSR count). The summed E-state index contributed by atoms with van der Waals surface area (Å²) in [7, 11) is 0. The van der Waals surface area contributed by atoms with E-state index in [0.717, 1.165) is 6.61 Å². The largest absolute Gasteiger partial charge is 0.379 e. The maximum absolute atomic E-state index is 5.40. The SMILES string of the molecule is CCOCCOCC=CCCl. The molecule has 0 unspecified atom stereocenters. The van der Waals surface area contributed by atoms with Crippen LogP contribution in [0.5, 0.6) is 0 Å². The first-order valence-corrected chi connectivity index (χ1v) is 4.31. The first kappa shape index (κ1) is 11.0. The van der Waals surface area contributed by atoms with Crippen LogP contribution in [0, 0.1) is 0 Å². The average molecular weight is 179 g/mol. The molecule has 0 atom stereocenters. The third kappa shape index (κ3) is 9.95. The molecule has 0 amide bonds. The van der Waals surface area contributed by atoms with Gasteiger partial charge in [0, 0.05) is 12.5 Å². The van der Waals surface area contributed by atoms with Crippen molar-refractivity contribution in [1.29, 1.82) is 0 Å². The summed E-state index contributed by atoms with van der Waals surface area (Å²) in [4.78, 5) is 0. The second-order valence-electron chi connectivity index (χ2n) is 1.90. The van der Waals surface area contributed by atoms with Gasteiger partial charge in [0.15, 0.2) is 0 Å². The van der Waals surface area contributed by atoms with Gasteiger partial charge in [0.1, 0.15) is 0 Å². The first-order chi connectivity index (χ1) is 5.41. The number of allylic oxidation sites excluding steroid dienone is 1. The zero-order valence-corrected chi connectivity index (χ0v) is 7.64. The fourth-order valence-electron chi connectivity index (χ4n) is 0.545. The Morgan fingerprint density at radius 3 is 2.55 bits per heavy atom. The van der Waals surface area contributed by atoms with Gasteiger partial charge in [-0.2, -0.15) is 0 Å². The number of rotatable bonds is 7. The second-order valence-corrected chi connectivity index (χ2v) is 2.21. The Bertz CT molecular complexity index is 94.1. The Morgan fingerprint density at radius 2 is 1.91 bits per heavy atom. The normalized spacial score (nSPS) is 11.1. The van der Waals surface area contributed by atoms with E-state index in [2.05, 4.69) is 0 Å². The minimum Gasteiger partial charge on any atom is -0.379 e. The molecule has 0 saturated carbocycles. The molecule has 0 saturated heterocycles. The van der Waals surface area contributed by atoms with E-state index in [-0.39, 0.29) is 0 Å². The van der Waals surface area contributed by atoms with E-state index in [1.54, 1.807) is 0 Å². The smallest absolute Gasteiger partial charge is 0.0704 e. The van der Waals surface area contributed by atoms with E-state index in [0.29, 0.717) is 25.7 Å². The number of halogens is 1. The van der Waals surface area contributed by atoms with Crippen LogP contribution in [0.3, 0.4) is 0 Å². The van der Waals surface area contributed by atoms with Gasteiger partial charge in [0.05, 0.1) is 19.8 Å². The van der Waals surface area contributed by atoms with E-state index in [1.807, 2.05) is 19.1 Å². The van der Waals surface area contributed by atoms with E-state index in [1.165, 1.54) is 0 Å². The van der Waals surface area contributed by atoms with Crippen LogP contribution in [0.1, 0.15) is 6.92 Å². The fraction of sp³-hybridized carbons (Fsp3) is 0.750. The number of hydrogen-bond donors (Lipinski definition) is 0. The molecular formula is C8H15ClO2. The topological polar surface area (TPSA) is 18.5 Å². The van der Waals surface area contributed by atoms with Crippen LogP contribution < -0.4 is 0 Å². The van der Waals surface area contributed by atoms with Crippen LogP contribution in [0.15, 0.2) is 12.2 Å². The summed E-state index contributed by atoms with van der Waals surface area (Å²) in [5.74, 6) is 0.550. The lowest BCUT2D eigenvalue weighted by Gasteiger charge is -2.00. The van der Waals surface area contributed by atoms with Crippen molar-refractivity contribution in [3.63, 3.8) is 0 Å². The Hall–Kier alpha value is -0.0500. The maximum atomic E-state index is 5.40. The van der Waals surface area contributed by atoms with E-state index >= 15 is 0 Å². The van der Waals surface area contributed by atoms with E-state index < -0.39 is 0 Å². The Morgan fingerprint density at radius 1 is 1.18 bits per heavy atom. The summed E-state index contributed by atoms with van der Waals surface area (Å²) in [6, 6.07) is 0. The van der Waals surface area contributed by atoms with Crippen molar-refractivity contribution in [2.45, 2.75) is 6.92 Å². The lowest BCUT2D eigenvalue weighted by atomic mass is 10.5. The summed E-state index contributed by atoms with van der Waals surface area (Å²) in [5, 5.41) is 0. The summed E-state index contributed by atoms with van der Waals surface area (Å²) >= 11 is 5.40. The summed E-state index contributed by atoms with van der Waals surface area (Å²) in [5.41, 5.74) is 0. The highest BCUT2D eigenvalue weighted by atomic mass is 35.5. The van der Waals surface area contributed by atoms with Crippen molar-refractivity contribution in [2.24, 2.45) is 0 Å². The Kier molecular flexibility index (Phi) is 9.90. The fourth-order valence-corrected chi connectivity index (χ4v) is 0.671. The Labute approximate surface area is 73.1 Å². The lowest BCUT2D eigenvalue weighted by molar-refractivity contribution is 0.0643. The van der Waals surface area contributed by atoms with Gasteiger partial charge >= 0.3 is 0 Å². The minimum absolute atomic E-state index is 0.550. The second kappa shape index (κ2) is 9.95. The third-order valence-corrected chi connectivity index (χ3v) is 1.22. The minimum atomic E-state index is 0.550. The predicted octanol–water partition coefficient (Wildman–Crippen LogP) is 1.83. The van der Waals surface area contributed by atoms with Gasteiger partial charge < -0.3 is 9.47 Å². The zero-order chi connectivity index (χ0) is 8.36. The molecule has 0 aromatic carbocycles. The highest BCUT2D eigenvalue weighted by Gasteiger charge is 1.83. The van der Waals surface area contributed by atoms with Gasteiger partial charge in [-0.05, 0) is 6.92 Å². The summed E-state index contributed by atoms with van der Waals surface area (Å²) < 4.78 is 10.2. The van der Waals surface area contributed by atoms with Gasteiger partial charge in [-0.25, -0.2) is 0 Å². The van der Waals surface area contributed by atoms with Crippen molar-refractivity contribution in [2.75, 3.05) is 32.3 Å². The van der Waals surface area contributed by atoms with Crippen molar-refractivity contribution in [3.8, 4) is 0 Å². The predicted molar refractivity (Wildman–Crippen MR) is 47.2 cm³/mol. The maximum Gasteiger partial charge on any atom is 0.0704 e. The quantitative estimate of drug-likeness (QED) is 0.337. The van der Waals surface area contributed by atoms with E-state index in [4.69, 9.17) is 21.1 Å². The molecule has 0 heterocycles. The van der Waals surface area contributed by atoms with Gasteiger partial charge in [-0.1, -0.05) is 12.2 Å². The molecule has 0 aromatic rings. The van der Waals surface area contributed by atoms with Crippen LogP contribution >= 0.6 is 11.6 Å². The standard InChI is InChI=1S/C8H15ClO2/c1-2-10-7-8-11-6-4-3-5-9/h3-4H,2,5-8H2,1H3. The highest BCUT2D eigenvalue weighted by Crippen LogP contribution is 1.81. The number of alkyl halides is 1. The molecule has 0 aliphatic carbocycles. The van der Waals surface area contributed by atoms with Gasteiger partial charge in [-0.3, -0.25) is 0 Å². The number of hydrogen-bond acceptors (Lipinski definition) is 2. The van der Waals surface area contributed by atoms with Gasteiger partial charge in [-0.15, -0.1) is 11.6 Å². The van der Waals surface area contributed by atoms with Crippen molar-refractivity contribution in [3.05, 3.63) is 12.2 Å². The molecule has 66 valence electrons.